The van der Waals surface area contributed by atoms with E-state index < -0.39 is 6.36 Å². The Morgan fingerprint density at radius 3 is 2.56 bits per heavy atom. The van der Waals surface area contributed by atoms with Crippen LogP contribution >= 0.6 is 23.2 Å². The zero-order valence-electron chi connectivity index (χ0n) is 14.3. The van der Waals surface area contributed by atoms with Crippen molar-refractivity contribution in [3.05, 3.63) is 62.8 Å². The number of carbonyl (C=O) groups excluding carboxylic acids is 1. The quantitative estimate of drug-likeness (QED) is 0.482. The summed E-state index contributed by atoms with van der Waals surface area (Å²) < 4.78 is 43.4. The predicted octanol–water partition coefficient (Wildman–Crippen LogP) is 6.10. The maximum Gasteiger partial charge on any atom is 0.573 e. The summed E-state index contributed by atoms with van der Waals surface area (Å²) >= 11 is 12.5. The number of nitrogens with zero attached hydrogens (tertiary/aromatic N) is 1. The Morgan fingerprint density at radius 1 is 1.22 bits per heavy atom. The van der Waals surface area contributed by atoms with Crippen molar-refractivity contribution < 1.29 is 22.7 Å². The van der Waals surface area contributed by atoms with Gasteiger partial charge in [0, 0.05) is 41.7 Å². The van der Waals surface area contributed by atoms with E-state index in [0.29, 0.717) is 39.9 Å². The maximum atomic E-state index is 12.5. The molecule has 27 heavy (non-hydrogen) atoms. The molecule has 0 spiro atoms. The molecule has 0 aliphatic carbocycles. The van der Waals surface area contributed by atoms with Crippen molar-refractivity contribution in [3.8, 4) is 5.75 Å². The number of aldehydes is 1. The van der Waals surface area contributed by atoms with Gasteiger partial charge in [0.05, 0.1) is 10.5 Å². The van der Waals surface area contributed by atoms with Crippen LogP contribution in [0.2, 0.25) is 10.0 Å². The number of aryl methyl sites for hydroxylation is 2. The molecule has 0 saturated carbocycles. The molecule has 3 rings (SSSR count). The molecule has 0 amide bonds. The summed E-state index contributed by atoms with van der Waals surface area (Å²) in [6.07, 6.45) is -1.98. The Balaban J connectivity index is 2.11. The standard InChI is InChI=1S/C19H14Cl2F3NO2/c1-10-5-13(27-19(22,23)24)7-16-17(10)12(8-25(16)2)6-14-15(20)4-3-11(9-26)18(14)21/h3-5,7-9H,6H2,1-2H3. The van der Waals surface area contributed by atoms with Crippen molar-refractivity contribution >= 4 is 40.4 Å². The number of rotatable bonds is 4. The molecule has 0 aliphatic heterocycles. The second-order valence-corrected chi connectivity index (χ2v) is 6.96. The number of ether oxygens (including phenoxy) is 1. The van der Waals surface area contributed by atoms with Gasteiger partial charge in [-0.05, 0) is 41.8 Å². The Kier molecular flexibility index (Phi) is 5.14. The highest BCUT2D eigenvalue weighted by Gasteiger charge is 2.31. The number of hydrogen-bond acceptors (Lipinski definition) is 2. The third-order valence-electron chi connectivity index (χ3n) is 4.28. The summed E-state index contributed by atoms with van der Waals surface area (Å²) in [5, 5.41) is 1.47. The fourth-order valence-corrected chi connectivity index (χ4v) is 3.73. The first-order chi connectivity index (χ1) is 12.6. The highest BCUT2D eigenvalue weighted by Crippen LogP contribution is 2.35. The lowest BCUT2D eigenvalue weighted by Crippen LogP contribution is -2.17. The first-order valence-electron chi connectivity index (χ1n) is 7.87. The SMILES string of the molecule is Cc1cc(OC(F)(F)F)cc2c1c(Cc1c(Cl)ccc(C=O)c1Cl)cn2C. The molecule has 1 heterocycles. The summed E-state index contributed by atoms with van der Waals surface area (Å²) in [6, 6.07) is 5.81. The van der Waals surface area contributed by atoms with Gasteiger partial charge in [-0.1, -0.05) is 23.2 Å². The van der Waals surface area contributed by atoms with Crippen LogP contribution < -0.4 is 4.74 Å². The summed E-state index contributed by atoms with van der Waals surface area (Å²) in [6.45, 7) is 1.71. The highest BCUT2D eigenvalue weighted by molar-refractivity contribution is 6.37. The van der Waals surface area contributed by atoms with Crippen LogP contribution in [0.3, 0.4) is 0 Å². The van der Waals surface area contributed by atoms with Crippen LogP contribution in [0.15, 0.2) is 30.5 Å². The Hall–Kier alpha value is -2.18. The first kappa shape index (κ1) is 19.6. The third-order valence-corrected chi connectivity index (χ3v) is 5.08. The molecular formula is C19H14Cl2F3NO2. The zero-order valence-corrected chi connectivity index (χ0v) is 15.8. The molecule has 3 aromatic rings. The van der Waals surface area contributed by atoms with Crippen LogP contribution in [0.5, 0.6) is 5.75 Å². The number of aromatic nitrogens is 1. The van der Waals surface area contributed by atoms with Gasteiger partial charge in [0.1, 0.15) is 5.75 Å². The van der Waals surface area contributed by atoms with E-state index >= 15 is 0 Å². The molecule has 3 nitrogen and oxygen atoms in total. The Bertz CT molecular complexity index is 1040. The molecule has 1 aromatic heterocycles. The van der Waals surface area contributed by atoms with Crippen molar-refractivity contribution in [2.75, 3.05) is 0 Å². The molecular weight excluding hydrogens is 402 g/mol. The van der Waals surface area contributed by atoms with E-state index in [0.717, 1.165) is 10.9 Å². The molecule has 2 aromatic carbocycles. The Labute approximate surface area is 163 Å². The summed E-state index contributed by atoms with van der Waals surface area (Å²) in [5.41, 5.74) is 2.96. The summed E-state index contributed by atoms with van der Waals surface area (Å²) in [5.74, 6) is -0.278. The van der Waals surface area contributed by atoms with E-state index in [1.165, 1.54) is 18.2 Å². The number of fused-ring (bicyclic) bond motifs is 1. The molecule has 0 bridgehead atoms. The Morgan fingerprint density at radius 2 is 1.93 bits per heavy atom. The largest absolute Gasteiger partial charge is 0.573 e. The number of alkyl halides is 3. The third kappa shape index (κ3) is 3.92. The monoisotopic (exact) mass is 415 g/mol. The van der Waals surface area contributed by atoms with Gasteiger partial charge in [-0.2, -0.15) is 0 Å². The summed E-state index contributed by atoms with van der Waals surface area (Å²) in [4.78, 5) is 11.1. The average molecular weight is 416 g/mol. The molecule has 0 atom stereocenters. The molecule has 0 fully saturated rings. The van der Waals surface area contributed by atoms with Gasteiger partial charge >= 0.3 is 6.36 Å². The van der Waals surface area contributed by atoms with Crippen LogP contribution in [0, 0.1) is 6.92 Å². The van der Waals surface area contributed by atoms with E-state index in [1.54, 1.807) is 30.8 Å². The molecule has 142 valence electrons. The molecule has 0 N–H and O–H groups in total. The topological polar surface area (TPSA) is 31.2 Å². The molecule has 0 saturated heterocycles. The van der Waals surface area contributed by atoms with Crippen molar-refractivity contribution in [1.82, 2.24) is 4.57 Å². The fraction of sp³-hybridized carbons (Fsp3) is 0.211. The smallest absolute Gasteiger partial charge is 0.406 e. The van der Waals surface area contributed by atoms with Gasteiger partial charge in [0.2, 0.25) is 0 Å². The van der Waals surface area contributed by atoms with Crippen molar-refractivity contribution in [2.45, 2.75) is 19.7 Å². The lowest BCUT2D eigenvalue weighted by molar-refractivity contribution is -0.274. The van der Waals surface area contributed by atoms with Crippen molar-refractivity contribution in [3.63, 3.8) is 0 Å². The summed E-state index contributed by atoms with van der Waals surface area (Å²) in [7, 11) is 1.73. The van der Waals surface area contributed by atoms with Gasteiger partial charge in [-0.25, -0.2) is 0 Å². The van der Waals surface area contributed by atoms with E-state index in [-0.39, 0.29) is 10.8 Å². The minimum absolute atomic E-state index is 0.268. The molecule has 0 unspecified atom stereocenters. The molecule has 8 heteroatoms. The molecule has 0 radical (unpaired) electrons. The average Bonchev–Trinajstić information content (AvgIpc) is 2.86. The normalized spacial score (nSPS) is 11.8. The van der Waals surface area contributed by atoms with Crippen LogP contribution in [-0.2, 0) is 13.5 Å². The number of hydrogen-bond donors (Lipinski definition) is 0. The van der Waals surface area contributed by atoms with E-state index in [2.05, 4.69) is 4.74 Å². The number of benzene rings is 2. The second-order valence-electron chi connectivity index (χ2n) is 6.17. The van der Waals surface area contributed by atoms with Gasteiger partial charge in [0.15, 0.2) is 6.29 Å². The van der Waals surface area contributed by atoms with Gasteiger partial charge in [0.25, 0.3) is 0 Å². The minimum Gasteiger partial charge on any atom is -0.406 e. The van der Waals surface area contributed by atoms with Crippen LogP contribution in [-0.4, -0.2) is 17.2 Å². The van der Waals surface area contributed by atoms with Crippen LogP contribution in [0.4, 0.5) is 13.2 Å². The zero-order chi connectivity index (χ0) is 19.9. The van der Waals surface area contributed by atoms with Crippen LogP contribution in [0.25, 0.3) is 10.9 Å². The molecule has 0 aliphatic rings. The van der Waals surface area contributed by atoms with Gasteiger partial charge < -0.3 is 9.30 Å². The highest BCUT2D eigenvalue weighted by atomic mass is 35.5. The van der Waals surface area contributed by atoms with Crippen molar-refractivity contribution in [1.29, 1.82) is 0 Å². The van der Waals surface area contributed by atoms with E-state index in [9.17, 15) is 18.0 Å². The number of halogens is 5. The minimum atomic E-state index is -4.76. The van der Waals surface area contributed by atoms with Gasteiger partial charge in [-0.3, -0.25) is 4.79 Å². The first-order valence-corrected chi connectivity index (χ1v) is 8.62. The lowest BCUT2D eigenvalue weighted by atomic mass is 9.99. The second kappa shape index (κ2) is 7.09. The fourth-order valence-electron chi connectivity index (χ4n) is 3.19. The van der Waals surface area contributed by atoms with Crippen LogP contribution in [0.1, 0.15) is 27.0 Å². The van der Waals surface area contributed by atoms with E-state index in [4.69, 9.17) is 23.2 Å². The van der Waals surface area contributed by atoms with E-state index in [1.807, 2.05) is 0 Å². The predicted molar refractivity (Wildman–Crippen MR) is 99.0 cm³/mol. The maximum absolute atomic E-state index is 12.5. The van der Waals surface area contributed by atoms with Gasteiger partial charge in [-0.15, -0.1) is 13.2 Å². The van der Waals surface area contributed by atoms with Crippen molar-refractivity contribution in [2.24, 2.45) is 7.05 Å². The lowest BCUT2D eigenvalue weighted by Gasteiger charge is -2.12. The number of carbonyl (C=O) groups is 1.